The van der Waals surface area contributed by atoms with E-state index >= 15 is 0 Å². The predicted octanol–water partition coefficient (Wildman–Crippen LogP) is 6.27. The molecule has 0 bridgehead atoms. The Morgan fingerprint density at radius 3 is 2.80 bits per heavy atom. The number of likely N-dealkylation sites (tertiary alicyclic amines) is 1. The summed E-state index contributed by atoms with van der Waals surface area (Å²) >= 11 is 6.01. The van der Waals surface area contributed by atoms with Crippen molar-refractivity contribution in [2.24, 2.45) is 5.92 Å². The highest BCUT2D eigenvalue weighted by molar-refractivity contribution is 6.31. The summed E-state index contributed by atoms with van der Waals surface area (Å²) in [5.74, 6) is 1.57. The van der Waals surface area contributed by atoms with Crippen LogP contribution >= 0.6 is 11.6 Å². The van der Waals surface area contributed by atoms with Crippen molar-refractivity contribution >= 4 is 33.5 Å². The molecule has 0 saturated carbocycles. The van der Waals surface area contributed by atoms with Crippen molar-refractivity contribution in [2.75, 3.05) is 26.2 Å². The van der Waals surface area contributed by atoms with E-state index in [1.54, 1.807) is 30.3 Å². The van der Waals surface area contributed by atoms with Crippen LogP contribution in [-0.4, -0.2) is 31.1 Å². The van der Waals surface area contributed by atoms with Crippen LogP contribution in [0.1, 0.15) is 45.4 Å². The van der Waals surface area contributed by atoms with Crippen molar-refractivity contribution in [3.05, 3.63) is 51.6 Å². The van der Waals surface area contributed by atoms with Gasteiger partial charge in [-0.1, -0.05) is 31.4 Å². The number of hydrogen-bond acceptors (Lipinski definition) is 4. The highest BCUT2D eigenvalue weighted by atomic mass is 35.5. The Kier molecular flexibility index (Phi) is 6.96. The van der Waals surface area contributed by atoms with Gasteiger partial charge in [-0.25, -0.2) is 0 Å². The van der Waals surface area contributed by atoms with Gasteiger partial charge in [0, 0.05) is 17.6 Å². The van der Waals surface area contributed by atoms with Crippen molar-refractivity contribution < 1.29 is 9.15 Å². The highest BCUT2D eigenvalue weighted by Crippen LogP contribution is 2.25. The summed E-state index contributed by atoms with van der Waals surface area (Å²) in [6.07, 6.45) is 7.44. The molecule has 2 aromatic carbocycles. The zero-order valence-electron chi connectivity index (χ0n) is 17.7. The molecule has 1 aliphatic heterocycles. The van der Waals surface area contributed by atoms with Crippen LogP contribution in [0.15, 0.2) is 45.6 Å². The summed E-state index contributed by atoms with van der Waals surface area (Å²) in [6.45, 7) is 6.79. The Bertz CT molecular complexity index is 1060. The molecule has 1 atom stereocenters. The second kappa shape index (κ2) is 9.84. The Hall–Kier alpha value is -2.04. The Balaban J connectivity index is 1.26. The van der Waals surface area contributed by atoms with Crippen LogP contribution in [0, 0.1) is 5.92 Å². The normalized spacial score (nSPS) is 17.6. The predicted molar refractivity (Wildman–Crippen MR) is 124 cm³/mol. The fourth-order valence-corrected chi connectivity index (χ4v) is 4.53. The molecule has 4 nitrogen and oxygen atoms in total. The third-order valence-corrected chi connectivity index (χ3v) is 6.22. The number of nitrogens with zero attached hydrogens (tertiary/aromatic N) is 1. The summed E-state index contributed by atoms with van der Waals surface area (Å²) in [5, 5.41) is 1.63. The van der Waals surface area contributed by atoms with Crippen molar-refractivity contribution in [1.82, 2.24) is 4.90 Å². The molecule has 1 unspecified atom stereocenters. The summed E-state index contributed by atoms with van der Waals surface area (Å²) in [5.41, 5.74) is 1.00. The van der Waals surface area contributed by atoms with E-state index in [9.17, 15) is 4.79 Å². The molecule has 1 aromatic heterocycles. The average Bonchev–Trinajstić information content (AvgIpc) is 2.73. The van der Waals surface area contributed by atoms with Crippen LogP contribution in [0.4, 0.5) is 0 Å². The van der Waals surface area contributed by atoms with Crippen LogP contribution in [-0.2, 0) is 0 Å². The lowest BCUT2D eigenvalue weighted by Gasteiger charge is -2.30. The first-order valence-electron chi connectivity index (χ1n) is 11.1. The molecule has 1 fully saturated rings. The zero-order valence-corrected chi connectivity index (χ0v) is 18.4. The van der Waals surface area contributed by atoms with Crippen molar-refractivity contribution in [3.63, 3.8) is 0 Å². The molecule has 3 aromatic rings. The van der Waals surface area contributed by atoms with E-state index < -0.39 is 0 Å². The van der Waals surface area contributed by atoms with Gasteiger partial charge in [-0.05, 0) is 75.0 Å². The van der Waals surface area contributed by atoms with Crippen LogP contribution in [0.5, 0.6) is 5.75 Å². The van der Waals surface area contributed by atoms with Crippen molar-refractivity contribution in [2.45, 2.75) is 45.4 Å². The number of ether oxygens (including phenoxy) is 1. The quantitative estimate of drug-likeness (QED) is 0.314. The lowest BCUT2D eigenvalue weighted by molar-refractivity contribution is 0.180. The topological polar surface area (TPSA) is 42.7 Å². The third-order valence-electron chi connectivity index (χ3n) is 5.98. The second-order valence-corrected chi connectivity index (χ2v) is 8.98. The number of benzene rings is 2. The highest BCUT2D eigenvalue weighted by Gasteiger charge is 2.15. The Labute approximate surface area is 182 Å². The van der Waals surface area contributed by atoms with Crippen LogP contribution in [0.25, 0.3) is 21.9 Å². The molecule has 160 valence electrons. The van der Waals surface area contributed by atoms with Gasteiger partial charge >= 0.3 is 0 Å². The Morgan fingerprint density at radius 2 is 1.93 bits per heavy atom. The van der Waals surface area contributed by atoms with E-state index in [0.717, 1.165) is 12.3 Å². The number of fused-ring (bicyclic) bond motifs is 2. The SMILES string of the molecule is CC1CCCN(CCCCCCOc2ccc3oc4cc(Cl)ccc4c(=O)c3c2)C1. The molecule has 0 amide bonds. The number of rotatable bonds is 8. The molecule has 5 heteroatoms. The summed E-state index contributed by atoms with van der Waals surface area (Å²) in [7, 11) is 0. The molecule has 2 heterocycles. The van der Waals surface area contributed by atoms with E-state index in [1.165, 1.54) is 51.7 Å². The van der Waals surface area contributed by atoms with Gasteiger partial charge in [-0.15, -0.1) is 0 Å². The fraction of sp³-hybridized carbons (Fsp3) is 0.480. The van der Waals surface area contributed by atoms with E-state index in [1.807, 2.05) is 6.07 Å². The molecule has 0 aliphatic carbocycles. The minimum atomic E-state index is -0.0552. The van der Waals surface area contributed by atoms with Gasteiger partial charge in [-0.2, -0.15) is 0 Å². The van der Waals surface area contributed by atoms with Gasteiger partial charge < -0.3 is 14.1 Å². The van der Waals surface area contributed by atoms with Gasteiger partial charge in [0.25, 0.3) is 0 Å². The summed E-state index contributed by atoms with van der Waals surface area (Å²) in [4.78, 5) is 15.4. The molecule has 1 saturated heterocycles. The molecule has 0 N–H and O–H groups in total. The second-order valence-electron chi connectivity index (χ2n) is 8.54. The summed E-state index contributed by atoms with van der Waals surface area (Å²) < 4.78 is 11.7. The van der Waals surface area contributed by atoms with Gasteiger partial charge in [0.05, 0.1) is 17.4 Å². The molecule has 4 rings (SSSR count). The van der Waals surface area contributed by atoms with E-state index in [0.29, 0.717) is 39.3 Å². The van der Waals surface area contributed by atoms with E-state index in [4.69, 9.17) is 20.8 Å². The first kappa shape index (κ1) is 21.2. The maximum atomic E-state index is 12.8. The van der Waals surface area contributed by atoms with Crippen LogP contribution < -0.4 is 10.2 Å². The largest absolute Gasteiger partial charge is 0.494 e. The lowest BCUT2D eigenvalue weighted by atomic mass is 10.00. The third kappa shape index (κ3) is 5.16. The smallest absolute Gasteiger partial charge is 0.200 e. The van der Waals surface area contributed by atoms with Crippen LogP contribution in [0.2, 0.25) is 5.02 Å². The molecular formula is C25H30ClNO3. The van der Waals surface area contributed by atoms with Crippen molar-refractivity contribution in [1.29, 1.82) is 0 Å². The average molecular weight is 428 g/mol. The molecule has 1 aliphatic rings. The van der Waals surface area contributed by atoms with E-state index in [2.05, 4.69) is 11.8 Å². The van der Waals surface area contributed by atoms with Gasteiger partial charge in [-0.3, -0.25) is 4.79 Å². The first-order chi connectivity index (χ1) is 14.6. The minimum absolute atomic E-state index is 0.0552. The van der Waals surface area contributed by atoms with Gasteiger partial charge in [0.15, 0.2) is 0 Å². The van der Waals surface area contributed by atoms with Crippen LogP contribution in [0.3, 0.4) is 0 Å². The zero-order chi connectivity index (χ0) is 20.9. The maximum absolute atomic E-state index is 12.8. The molecule has 0 radical (unpaired) electrons. The van der Waals surface area contributed by atoms with E-state index in [-0.39, 0.29) is 5.43 Å². The Morgan fingerprint density at radius 1 is 1.07 bits per heavy atom. The maximum Gasteiger partial charge on any atom is 0.200 e. The van der Waals surface area contributed by atoms with Gasteiger partial charge in [0.1, 0.15) is 16.9 Å². The van der Waals surface area contributed by atoms with Gasteiger partial charge in [0.2, 0.25) is 5.43 Å². The summed E-state index contributed by atoms with van der Waals surface area (Å²) in [6, 6.07) is 10.5. The number of halogens is 1. The number of piperidine rings is 1. The number of hydrogen-bond donors (Lipinski definition) is 0. The minimum Gasteiger partial charge on any atom is -0.494 e. The van der Waals surface area contributed by atoms with Crippen molar-refractivity contribution in [3.8, 4) is 5.75 Å². The molecule has 0 spiro atoms. The molecule has 30 heavy (non-hydrogen) atoms. The number of unbranched alkanes of at least 4 members (excludes halogenated alkanes) is 3. The first-order valence-corrected chi connectivity index (χ1v) is 11.5. The fourth-order valence-electron chi connectivity index (χ4n) is 4.37. The molecular weight excluding hydrogens is 398 g/mol. The lowest BCUT2D eigenvalue weighted by Crippen LogP contribution is -2.34. The standard InChI is InChI=1S/C25H30ClNO3/c1-18-7-6-13-27(17-18)12-4-2-3-5-14-29-20-9-11-23-22(16-20)25(28)21-10-8-19(26)15-24(21)30-23/h8-11,15-16,18H,2-7,12-14,17H2,1H3. The monoisotopic (exact) mass is 427 g/mol.